The van der Waals surface area contributed by atoms with Crippen LogP contribution in [0, 0.1) is 0 Å². The van der Waals surface area contributed by atoms with Gasteiger partial charge >= 0.3 is 12.1 Å². The Bertz CT molecular complexity index is 621. The van der Waals surface area contributed by atoms with Crippen molar-refractivity contribution in [1.29, 1.82) is 0 Å². The van der Waals surface area contributed by atoms with E-state index in [1.807, 2.05) is 0 Å². The predicted octanol–water partition coefficient (Wildman–Crippen LogP) is 3.09. The van der Waals surface area contributed by atoms with Gasteiger partial charge in [0.1, 0.15) is 11.6 Å². The van der Waals surface area contributed by atoms with Crippen molar-refractivity contribution in [3.8, 4) is 11.5 Å². The van der Waals surface area contributed by atoms with Crippen molar-refractivity contribution < 1.29 is 28.5 Å². The number of amides is 1. The van der Waals surface area contributed by atoms with Gasteiger partial charge in [-0.1, -0.05) is 6.07 Å². The van der Waals surface area contributed by atoms with Crippen LogP contribution in [0.1, 0.15) is 40.2 Å². The Morgan fingerprint density at radius 3 is 2.19 bits per heavy atom. The van der Waals surface area contributed by atoms with E-state index >= 15 is 0 Å². The fraction of sp³-hybridized carbons (Fsp3) is 0.579. The Kier molecular flexibility index (Phi) is 7.74. The van der Waals surface area contributed by atoms with E-state index < -0.39 is 23.7 Å². The first kappa shape index (κ1) is 21.6. The Hall–Kier alpha value is -2.44. The highest BCUT2D eigenvalue weighted by atomic mass is 16.6. The van der Waals surface area contributed by atoms with Crippen molar-refractivity contribution in [2.24, 2.45) is 0 Å². The van der Waals surface area contributed by atoms with Gasteiger partial charge in [-0.2, -0.15) is 0 Å². The third kappa shape index (κ3) is 7.21. The number of carbonyl (C=O) groups excluding carboxylic acids is 2. The monoisotopic (exact) mass is 367 g/mol. The summed E-state index contributed by atoms with van der Waals surface area (Å²) < 4.78 is 21.0. The van der Waals surface area contributed by atoms with Gasteiger partial charge in [0.15, 0.2) is 11.5 Å². The van der Waals surface area contributed by atoms with E-state index in [-0.39, 0.29) is 12.5 Å². The molecule has 1 aromatic rings. The Labute approximate surface area is 155 Å². The van der Waals surface area contributed by atoms with Gasteiger partial charge in [-0.05, 0) is 52.3 Å². The summed E-state index contributed by atoms with van der Waals surface area (Å²) in [6, 6.07) is 4.41. The minimum Gasteiger partial charge on any atom is -0.493 e. The number of hydrogen-bond donors (Lipinski definition) is 1. The summed E-state index contributed by atoms with van der Waals surface area (Å²) in [5.74, 6) is 0.594. The molecule has 0 aliphatic rings. The molecule has 1 aromatic carbocycles. The summed E-state index contributed by atoms with van der Waals surface area (Å²) in [5.41, 5.74) is 0.115. The average molecular weight is 367 g/mol. The number of hydrogen-bond acceptors (Lipinski definition) is 6. The average Bonchev–Trinajstić information content (AvgIpc) is 2.51. The van der Waals surface area contributed by atoms with Gasteiger partial charge in [0, 0.05) is 6.42 Å². The summed E-state index contributed by atoms with van der Waals surface area (Å²) in [6.45, 7) is 8.75. The van der Waals surface area contributed by atoms with Crippen LogP contribution in [0.2, 0.25) is 0 Å². The molecule has 26 heavy (non-hydrogen) atoms. The summed E-state index contributed by atoms with van der Waals surface area (Å²) in [5, 5.41) is 2.59. The van der Waals surface area contributed by atoms with Crippen LogP contribution in [0.4, 0.5) is 4.79 Å². The lowest BCUT2D eigenvalue weighted by atomic mass is 10.1. The van der Waals surface area contributed by atoms with Crippen molar-refractivity contribution in [3.63, 3.8) is 0 Å². The van der Waals surface area contributed by atoms with Crippen molar-refractivity contribution in [1.82, 2.24) is 5.32 Å². The number of carbonyl (C=O) groups is 2. The van der Waals surface area contributed by atoms with Gasteiger partial charge in [0.05, 0.1) is 20.3 Å². The molecule has 0 fully saturated rings. The van der Waals surface area contributed by atoms with Crippen LogP contribution < -0.4 is 14.8 Å². The zero-order chi connectivity index (χ0) is 19.9. The molecule has 7 nitrogen and oxygen atoms in total. The normalized spacial score (nSPS) is 12.3. The lowest BCUT2D eigenvalue weighted by molar-refractivity contribution is -0.149. The van der Waals surface area contributed by atoms with E-state index in [4.69, 9.17) is 18.9 Å². The molecule has 0 aromatic heterocycles. The molecule has 0 heterocycles. The van der Waals surface area contributed by atoms with Crippen molar-refractivity contribution >= 4 is 12.1 Å². The first-order valence-electron chi connectivity index (χ1n) is 8.46. The largest absolute Gasteiger partial charge is 0.493 e. The number of alkyl carbamates (subject to hydrolysis) is 1. The smallest absolute Gasteiger partial charge is 0.408 e. The number of benzene rings is 1. The minimum absolute atomic E-state index is 0.227. The standard InChI is InChI=1S/C19H29NO6/c1-12(2)25-17(21)14(20-18(22)26-19(3,4)5)10-13-8-9-15(23-6)16(11-13)24-7/h8-9,11-12,14H,10H2,1-7H3,(H,20,22). The highest BCUT2D eigenvalue weighted by molar-refractivity contribution is 5.82. The molecule has 7 heteroatoms. The van der Waals surface area contributed by atoms with E-state index in [0.29, 0.717) is 11.5 Å². The van der Waals surface area contributed by atoms with E-state index in [1.165, 1.54) is 7.11 Å². The van der Waals surface area contributed by atoms with Gasteiger partial charge in [-0.25, -0.2) is 9.59 Å². The number of esters is 1. The fourth-order valence-electron chi connectivity index (χ4n) is 2.20. The number of methoxy groups -OCH3 is 2. The Morgan fingerprint density at radius 2 is 1.69 bits per heavy atom. The number of ether oxygens (including phenoxy) is 4. The molecule has 0 aliphatic carbocycles. The maximum atomic E-state index is 12.4. The number of rotatable bonds is 7. The first-order chi connectivity index (χ1) is 12.1. The number of nitrogens with one attached hydrogen (secondary N) is 1. The second-order valence-electron chi connectivity index (χ2n) is 7.08. The van der Waals surface area contributed by atoms with Gasteiger partial charge in [-0.3, -0.25) is 0 Å². The maximum Gasteiger partial charge on any atom is 0.408 e. The lowest BCUT2D eigenvalue weighted by Gasteiger charge is -2.23. The van der Waals surface area contributed by atoms with Crippen LogP contribution >= 0.6 is 0 Å². The van der Waals surface area contributed by atoms with Crippen molar-refractivity contribution in [3.05, 3.63) is 23.8 Å². The maximum absolute atomic E-state index is 12.4. The second-order valence-corrected chi connectivity index (χ2v) is 7.08. The molecule has 0 radical (unpaired) electrons. The van der Waals surface area contributed by atoms with Crippen LogP contribution in [-0.2, 0) is 20.7 Å². The van der Waals surface area contributed by atoms with Crippen molar-refractivity contribution in [2.45, 2.75) is 58.8 Å². The molecule has 1 amide bonds. The first-order valence-corrected chi connectivity index (χ1v) is 8.46. The molecular weight excluding hydrogens is 338 g/mol. The summed E-state index contributed by atoms with van der Waals surface area (Å²) in [6.07, 6.45) is -0.745. The Balaban J connectivity index is 2.98. The summed E-state index contributed by atoms with van der Waals surface area (Å²) in [7, 11) is 3.08. The van der Waals surface area contributed by atoms with Crippen LogP contribution in [-0.4, -0.2) is 44.0 Å². The molecule has 0 aliphatic heterocycles. The fourth-order valence-corrected chi connectivity index (χ4v) is 2.20. The van der Waals surface area contributed by atoms with Gasteiger partial charge in [-0.15, -0.1) is 0 Å². The van der Waals surface area contributed by atoms with Gasteiger partial charge < -0.3 is 24.3 Å². The molecule has 1 rings (SSSR count). The topological polar surface area (TPSA) is 83.1 Å². The van der Waals surface area contributed by atoms with Crippen LogP contribution in [0.5, 0.6) is 11.5 Å². The predicted molar refractivity (Wildman–Crippen MR) is 97.6 cm³/mol. The van der Waals surface area contributed by atoms with E-state index in [9.17, 15) is 9.59 Å². The second kappa shape index (κ2) is 9.31. The third-order valence-corrected chi connectivity index (χ3v) is 3.22. The molecule has 0 bridgehead atoms. The molecule has 0 spiro atoms. The van der Waals surface area contributed by atoms with Crippen LogP contribution in [0.25, 0.3) is 0 Å². The Morgan fingerprint density at radius 1 is 1.08 bits per heavy atom. The highest BCUT2D eigenvalue weighted by Gasteiger charge is 2.26. The lowest BCUT2D eigenvalue weighted by Crippen LogP contribution is -2.46. The van der Waals surface area contributed by atoms with Crippen LogP contribution in [0.15, 0.2) is 18.2 Å². The molecule has 1 unspecified atom stereocenters. The van der Waals surface area contributed by atoms with Gasteiger partial charge in [0.25, 0.3) is 0 Å². The summed E-state index contributed by atoms with van der Waals surface area (Å²) in [4.78, 5) is 24.5. The summed E-state index contributed by atoms with van der Waals surface area (Å²) >= 11 is 0. The highest BCUT2D eigenvalue weighted by Crippen LogP contribution is 2.28. The molecular formula is C19H29NO6. The van der Waals surface area contributed by atoms with E-state index in [1.54, 1.807) is 59.9 Å². The zero-order valence-electron chi connectivity index (χ0n) is 16.5. The van der Waals surface area contributed by atoms with E-state index in [2.05, 4.69) is 5.32 Å². The van der Waals surface area contributed by atoms with Crippen molar-refractivity contribution in [2.75, 3.05) is 14.2 Å². The molecule has 0 saturated heterocycles. The van der Waals surface area contributed by atoms with Gasteiger partial charge in [0.2, 0.25) is 0 Å². The molecule has 1 N–H and O–H groups in total. The molecule has 146 valence electrons. The molecule has 1 atom stereocenters. The van der Waals surface area contributed by atoms with Crippen LogP contribution in [0.3, 0.4) is 0 Å². The van der Waals surface area contributed by atoms with E-state index in [0.717, 1.165) is 5.56 Å². The zero-order valence-corrected chi connectivity index (χ0v) is 16.5. The molecule has 0 saturated carbocycles. The quantitative estimate of drug-likeness (QED) is 0.746. The minimum atomic E-state index is -0.884. The third-order valence-electron chi connectivity index (χ3n) is 3.22. The SMILES string of the molecule is COc1ccc(CC(NC(=O)OC(C)(C)C)C(=O)OC(C)C)cc1OC.